The molecule has 4 amide bonds. The molecular formula is C11H15N3O3S. The van der Waals surface area contributed by atoms with Crippen LogP contribution in [0.5, 0.6) is 0 Å². The lowest BCUT2D eigenvalue weighted by Gasteiger charge is -2.23. The topological polar surface area (TPSA) is 81.7 Å². The van der Waals surface area contributed by atoms with Gasteiger partial charge in [0.25, 0.3) is 0 Å². The van der Waals surface area contributed by atoms with Crippen molar-refractivity contribution >= 4 is 23.4 Å². The number of aliphatic hydroxyl groups is 1. The Morgan fingerprint density at radius 2 is 2.50 bits per heavy atom. The lowest BCUT2D eigenvalue weighted by molar-refractivity contribution is 0.0619. The van der Waals surface area contributed by atoms with Gasteiger partial charge in [0.2, 0.25) is 0 Å². The standard InChI is InChI=1S/C11H15N3O3S/c1-11(17,8-3-2-6-18-8)7-13-10(16)14-5-4-12-9(14)15/h2-3,6,17H,4-5,7H2,1H3,(H,12,15)(H,13,16). The predicted octanol–water partition coefficient (Wildman–Crippen LogP) is 0.690. The summed E-state index contributed by atoms with van der Waals surface area (Å²) in [5.74, 6) is 0. The molecule has 1 unspecified atom stereocenters. The Bertz CT molecular complexity index is 444. The van der Waals surface area contributed by atoms with E-state index < -0.39 is 17.7 Å². The Hall–Kier alpha value is -1.60. The third-order valence-corrected chi connectivity index (χ3v) is 3.86. The number of imide groups is 1. The molecule has 1 fully saturated rings. The lowest BCUT2D eigenvalue weighted by Crippen LogP contribution is -2.46. The van der Waals surface area contributed by atoms with Gasteiger partial charge in [-0.2, -0.15) is 0 Å². The Morgan fingerprint density at radius 3 is 3.06 bits per heavy atom. The minimum Gasteiger partial charge on any atom is -0.383 e. The lowest BCUT2D eigenvalue weighted by atomic mass is 10.1. The molecule has 1 aliphatic heterocycles. The predicted molar refractivity (Wildman–Crippen MR) is 67.4 cm³/mol. The fourth-order valence-corrected chi connectivity index (χ4v) is 2.47. The van der Waals surface area contributed by atoms with E-state index in [2.05, 4.69) is 10.6 Å². The highest BCUT2D eigenvalue weighted by Gasteiger charge is 2.29. The Labute approximate surface area is 109 Å². The van der Waals surface area contributed by atoms with E-state index in [0.29, 0.717) is 13.1 Å². The van der Waals surface area contributed by atoms with Crippen LogP contribution in [0, 0.1) is 0 Å². The van der Waals surface area contributed by atoms with Gasteiger partial charge in [-0.05, 0) is 18.4 Å². The first-order chi connectivity index (χ1) is 8.50. The highest BCUT2D eigenvalue weighted by atomic mass is 32.1. The van der Waals surface area contributed by atoms with Crippen LogP contribution in [-0.2, 0) is 5.60 Å². The fourth-order valence-electron chi connectivity index (χ4n) is 1.68. The molecule has 1 atom stereocenters. The molecular weight excluding hydrogens is 254 g/mol. The van der Waals surface area contributed by atoms with E-state index in [1.54, 1.807) is 13.0 Å². The zero-order valence-corrected chi connectivity index (χ0v) is 10.8. The van der Waals surface area contributed by atoms with E-state index in [-0.39, 0.29) is 6.54 Å². The second-order valence-corrected chi connectivity index (χ2v) is 5.24. The van der Waals surface area contributed by atoms with Crippen LogP contribution in [0.25, 0.3) is 0 Å². The van der Waals surface area contributed by atoms with E-state index >= 15 is 0 Å². The molecule has 0 aromatic carbocycles. The van der Waals surface area contributed by atoms with Gasteiger partial charge in [0.1, 0.15) is 5.60 Å². The molecule has 2 rings (SSSR count). The maximum absolute atomic E-state index is 11.7. The first-order valence-corrected chi connectivity index (χ1v) is 6.48. The molecule has 2 heterocycles. The summed E-state index contributed by atoms with van der Waals surface area (Å²) in [7, 11) is 0. The quantitative estimate of drug-likeness (QED) is 0.755. The average Bonchev–Trinajstić information content (AvgIpc) is 2.96. The summed E-state index contributed by atoms with van der Waals surface area (Å²) in [5, 5.41) is 17.2. The number of thiophene rings is 1. The largest absolute Gasteiger partial charge is 0.383 e. The molecule has 1 aromatic heterocycles. The number of hydrogen-bond acceptors (Lipinski definition) is 4. The molecule has 7 heteroatoms. The zero-order valence-electron chi connectivity index (χ0n) is 9.97. The third-order valence-electron chi connectivity index (χ3n) is 2.74. The summed E-state index contributed by atoms with van der Waals surface area (Å²) < 4.78 is 0. The van der Waals surface area contributed by atoms with Crippen LogP contribution >= 0.6 is 11.3 Å². The molecule has 0 bridgehead atoms. The smallest absolute Gasteiger partial charge is 0.325 e. The Kier molecular flexibility index (Phi) is 3.53. The van der Waals surface area contributed by atoms with E-state index in [1.165, 1.54) is 11.3 Å². The van der Waals surface area contributed by atoms with Gasteiger partial charge in [-0.25, -0.2) is 14.5 Å². The van der Waals surface area contributed by atoms with Crippen LogP contribution in [0.2, 0.25) is 0 Å². The number of nitrogens with zero attached hydrogens (tertiary/aromatic N) is 1. The molecule has 0 radical (unpaired) electrons. The van der Waals surface area contributed by atoms with Crippen LogP contribution in [0.4, 0.5) is 9.59 Å². The van der Waals surface area contributed by atoms with Crippen molar-refractivity contribution in [3.8, 4) is 0 Å². The Balaban J connectivity index is 1.91. The maximum atomic E-state index is 11.7. The van der Waals surface area contributed by atoms with E-state index in [4.69, 9.17) is 0 Å². The van der Waals surface area contributed by atoms with Crippen LogP contribution in [0.3, 0.4) is 0 Å². The van der Waals surface area contributed by atoms with E-state index in [9.17, 15) is 14.7 Å². The van der Waals surface area contributed by atoms with Crippen LogP contribution in [-0.4, -0.2) is 41.7 Å². The summed E-state index contributed by atoms with van der Waals surface area (Å²) in [6.45, 7) is 2.51. The minimum absolute atomic E-state index is 0.0656. The molecule has 1 aromatic rings. The highest BCUT2D eigenvalue weighted by Crippen LogP contribution is 2.24. The number of nitrogens with one attached hydrogen (secondary N) is 2. The summed E-state index contributed by atoms with van der Waals surface area (Å²) in [6.07, 6.45) is 0. The summed E-state index contributed by atoms with van der Waals surface area (Å²) in [6, 6.07) is 2.76. The molecule has 1 saturated heterocycles. The van der Waals surface area contributed by atoms with Gasteiger partial charge < -0.3 is 15.7 Å². The van der Waals surface area contributed by atoms with Gasteiger partial charge >= 0.3 is 12.1 Å². The van der Waals surface area contributed by atoms with Crippen molar-refractivity contribution in [3.63, 3.8) is 0 Å². The van der Waals surface area contributed by atoms with Crippen molar-refractivity contribution in [1.29, 1.82) is 0 Å². The molecule has 98 valence electrons. The van der Waals surface area contributed by atoms with Crippen molar-refractivity contribution in [1.82, 2.24) is 15.5 Å². The van der Waals surface area contributed by atoms with E-state index in [0.717, 1.165) is 9.78 Å². The first-order valence-electron chi connectivity index (χ1n) is 5.60. The first kappa shape index (κ1) is 12.8. The highest BCUT2D eigenvalue weighted by molar-refractivity contribution is 7.10. The van der Waals surface area contributed by atoms with Gasteiger partial charge in [0, 0.05) is 18.0 Å². The summed E-state index contributed by atoms with van der Waals surface area (Å²) in [4.78, 5) is 24.8. The normalized spacial score (nSPS) is 18.3. The average molecular weight is 269 g/mol. The van der Waals surface area contributed by atoms with Gasteiger partial charge in [0.05, 0.1) is 6.54 Å². The van der Waals surface area contributed by atoms with Crippen molar-refractivity contribution in [2.75, 3.05) is 19.6 Å². The van der Waals surface area contributed by atoms with Crippen molar-refractivity contribution in [2.45, 2.75) is 12.5 Å². The molecule has 3 N–H and O–H groups in total. The number of urea groups is 2. The van der Waals surface area contributed by atoms with Crippen LogP contribution < -0.4 is 10.6 Å². The number of amides is 4. The summed E-state index contributed by atoms with van der Waals surface area (Å²) >= 11 is 1.42. The van der Waals surface area contributed by atoms with Crippen LogP contribution in [0.15, 0.2) is 17.5 Å². The number of carbonyl (C=O) groups excluding carboxylic acids is 2. The number of hydrogen-bond donors (Lipinski definition) is 3. The monoisotopic (exact) mass is 269 g/mol. The van der Waals surface area contributed by atoms with Crippen molar-refractivity contribution in [2.24, 2.45) is 0 Å². The van der Waals surface area contributed by atoms with Gasteiger partial charge in [-0.1, -0.05) is 6.07 Å². The number of carbonyl (C=O) groups is 2. The second-order valence-electron chi connectivity index (χ2n) is 4.29. The zero-order chi connectivity index (χ0) is 13.2. The molecule has 18 heavy (non-hydrogen) atoms. The third kappa shape index (κ3) is 2.62. The number of rotatable bonds is 3. The summed E-state index contributed by atoms with van der Waals surface area (Å²) in [5.41, 5.74) is -1.12. The molecule has 0 aliphatic carbocycles. The molecule has 0 spiro atoms. The fraction of sp³-hybridized carbons (Fsp3) is 0.455. The van der Waals surface area contributed by atoms with Crippen molar-refractivity contribution < 1.29 is 14.7 Å². The molecule has 0 saturated carbocycles. The minimum atomic E-state index is -1.12. The van der Waals surface area contributed by atoms with Gasteiger partial charge in [0.15, 0.2) is 0 Å². The SMILES string of the molecule is CC(O)(CNC(=O)N1CCNC1=O)c1cccs1. The second kappa shape index (κ2) is 4.95. The van der Waals surface area contributed by atoms with E-state index in [1.807, 2.05) is 11.4 Å². The van der Waals surface area contributed by atoms with Gasteiger partial charge in [-0.3, -0.25) is 0 Å². The maximum Gasteiger partial charge on any atom is 0.325 e. The molecule has 1 aliphatic rings. The van der Waals surface area contributed by atoms with Gasteiger partial charge in [-0.15, -0.1) is 11.3 Å². The Morgan fingerprint density at radius 1 is 1.72 bits per heavy atom. The molecule has 6 nitrogen and oxygen atoms in total. The van der Waals surface area contributed by atoms with Crippen molar-refractivity contribution in [3.05, 3.63) is 22.4 Å². The van der Waals surface area contributed by atoms with Crippen LogP contribution in [0.1, 0.15) is 11.8 Å².